The van der Waals surface area contributed by atoms with Gasteiger partial charge in [0.05, 0.1) is 19.1 Å². The number of nitrogens with one attached hydrogen (secondary N) is 3. The zero-order valence-corrected chi connectivity index (χ0v) is 26.4. The van der Waals surface area contributed by atoms with Gasteiger partial charge in [-0.1, -0.05) is 27.7 Å². The number of hydrogen-bond acceptors (Lipinski definition) is 9. The molecular formula is C29H48N6O10. The molecule has 2 aliphatic heterocycles. The molecule has 6 atom stereocenters. The van der Waals surface area contributed by atoms with E-state index in [4.69, 9.17) is 5.73 Å². The van der Waals surface area contributed by atoms with Crippen molar-refractivity contribution in [3.63, 3.8) is 0 Å². The molecule has 0 unspecified atom stereocenters. The molecule has 0 saturated carbocycles. The van der Waals surface area contributed by atoms with Gasteiger partial charge in [-0.15, -0.1) is 0 Å². The second-order valence-electron chi connectivity index (χ2n) is 12.5. The fraction of sp³-hybridized carbons (Fsp3) is 0.759. The van der Waals surface area contributed by atoms with E-state index in [2.05, 4.69) is 16.0 Å². The maximum Gasteiger partial charge on any atom is 0.326 e. The minimum absolute atomic E-state index is 0.0531. The molecule has 2 heterocycles. The van der Waals surface area contributed by atoms with Crippen molar-refractivity contribution in [3.05, 3.63) is 0 Å². The predicted octanol–water partition coefficient (Wildman–Crippen LogP) is -1.61. The highest BCUT2D eigenvalue weighted by molar-refractivity contribution is 5.97. The van der Waals surface area contributed by atoms with Crippen LogP contribution < -0.4 is 21.7 Å². The Balaban J connectivity index is 2.17. The van der Waals surface area contributed by atoms with E-state index in [-0.39, 0.29) is 37.8 Å². The van der Waals surface area contributed by atoms with Gasteiger partial charge in [0.1, 0.15) is 30.2 Å². The Hall–Kier alpha value is -3.79. The van der Waals surface area contributed by atoms with Crippen LogP contribution in [0.15, 0.2) is 0 Å². The first-order valence-corrected chi connectivity index (χ1v) is 15.4. The van der Waals surface area contributed by atoms with E-state index < -0.39 is 90.8 Å². The van der Waals surface area contributed by atoms with Crippen LogP contribution in [0.2, 0.25) is 0 Å². The van der Waals surface area contributed by atoms with Crippen LogP contribution in [-0.2, 0) is 33.6 Å². The minimum Gasteiger partial charge on any atom is -0.481 e. The molecule has 16 nitrogen and oxygen atoms in total. The van der Waals surface area contributed by atoms with Gasteiger partial charge in [-0.3, -0.25) is 28.8 Å². The number of nitrogens with two attached hydrogens (primary N) is 1. The average Bonchev–Trinajstić information content (AvgIpc) is 3.64. The lowest BCUT2D eigenvalue weighted by Gasteiger charge is -2.33. The molecule has 0 bridgehead atoms. The fourth-order valence-electron chi connectivity index (χ4n) is 5.68. The average molecular weight is 641 g/mol. The minimum atomic E-state index is -1.60. The maximum atomic E-state index is 13.7. The van der Waals surface area contributed by atoms with Gasteiger partial charge in [0.15, 0.2) is 0 Å². The Morgan fingerprint density at radius 3 is 1.78 bits per heavy atom. The standard InChI is InChI=1S/C29H48N6O10/c1-15(2)11-17(30)24(39)31-18(13-23(37)38)25(40)33-20(14-36)26(41)32-19(12-16(3)4)27(42)34-9-5-7-21(34)28(43)35-10-6-8-22(35)29(44)45/h15-22,36H,5-14,30H2,1-4H3,(H,31,39)(H,32,41)(H,33,40)(H,37,38)(H,44,45)/t17-,18-,19-,20-,21-,22-/m0/s1. The Kier molecular flexibility index (Phi) is 14.2. The molecular weight excluding hydrogens is 592 g/mol. The van der Waals surface area contributed by atoms with Crippen LogP contribution in [0.25, 0.3) is 0 Å². The molecule has 0 aliphatic carbocycles. The number of aliphatic carboxylic acids is 2. The molecule has 0 aromatic carbocycles. The topological polar surface area (TPSA) is 249 Å². The van der Waals surface area contributed by atoms with E-state index in [1.54, 1.807) is 0 Å². The van der Waals surface area contributed by atoms with Crippen molar-refractivity contribution in [3.8, 4) is 0 Å². The summed E-state index contributed by atoms with van der Waals surface area (Å²) in [4.78, 5) is 91.5. The molecule has 8 N–H and O–H groups in total. The number of aliphatic hydroxyl groups excluding tert-OH is 1. The Labute approximate surface area is 262 Å². The third-order valence-electron chi connectivity index (χ3n) is 7.85. The van der Waals surface area contributed by atoms with Crippen molar-refractivity contribution < 1.29 is 48.9 Å². The molecule has 254 valence electrons. The zero-order chi connectivity index (χ0) is 34.0. The molecule has 0 radical (unpaired) electrons. The monoisotopic (exact) mass is 640 g/mol. The smallest absolute Gasteiger partial charge is 0.326 e. The number of carboxylic acids is 2. The van der Waals surface area contributed by atoms with Crippen molar-refractivity contribution in [2.75, 3.05) is 19.7 Å². The summed E-state index contributed by atoms with van der Waals surface area (Å²) in [6.07, 6.45) is 1.31. The molecule has 0 aromatic heterocycles. The first-order chi connectivity index (χ1) is 21.1. The number of aliphatic hydroxyl groups is 1. The number of carbonyl (C=O) groups is 7. The zero-order valence-electron chi connectivity index (χ0n) is 26.4. The summed E-state index contributed by atoms with van der Waals surface area (Å²) < 4.78 is 0. The largest absolute Gasteiger partial charge is 0.481 e. The highest BCUT2D eigenvalue weighted by atomic mass is 16.4. The van der Waals surface area contributed by atoms with Crippen LogP contribution in [0.5, 0.6) is 0 Å². The summed E-state index contributed by atoms with van der Waals surface area (Å²) in [6.45, 7) is 6.88. The van der Waals surface area contributed by atoms with Gasteiger partial charge in [-0.05, 0) is 50.4 Å². The highest BCUT2D eigenvalue weighted by Crippen LogP contribution is 2.26. The van der Waals surface area contributed by atoms with Crippen LogP contribution in [0.3, 0.4) is 0 Å². The summed E-state index contributed by atoms with van der Waals surface area (Å²) in [7, 11) is 0. The van der Waals surface area contributed by atoms with Gasteiger partial charge in [-0.2, -0.15) is 0 Å². The number of rotatable bonds is 16. The molecule has 16 heteroatoms. The van der Waals surface area contributed by atoms with E-state index in [9.17, 15) is 48.9 Å². The molecule has 0 aromatic rings. The van der Waals surface area contributed by atoms with Crippen LogP contribution in [0.4, 0.5) is 0 Å². The first kappa shape index (κ1) is 37.4. The SMILES string of the molecule is CC(C)C[C@H](NC(=O)[C@H](CO)NC(=O)[C@H](CC(=O)O)NC(=O)[C@@H](N)CC(C)C)C(=O)N1CCC[C@H]1C(=O)N1CCC[C@H]1C(=O)O. The lowest BCUT2D eigenvalue weighted by atomic mass is 10.0. The third-order valence-corrected chi connectivity index (χ3v) is 7.85. The molecule has 0 spiro atoms. The quantitative estimate of drug-likeness (QED) is 0.101. The summed E-state index contributed by atoms with van der Waals surface area (Å²) in [5.41, 5.74) is 5.85. The number of hydrogen-bond donors (Lipinski definition) is 7. The van der Waals surface area contributed by atoms with Gasteiger partial charge in [0.25, 0.3) is 0 Å². The van der Waals surface area contributed by atoms with E-state index in [1.807, 2.05) is 27.7 Å². The van der Waals surface area contributed by atoms with Gasteiger partial charge in [0, 0.05) is 13.1 Å². The second-order valence-corrected chi connectivity index (χ2v) is 12.5. The lowest BCUT2D eigenvalue weighted by Crippen LogP contribution is -2.60. The highest BCUT2D eigenvalue weighted by Gasteiger charge is 2.44. The Morgan fingerprint density at radius 2 is 1.24 bits per heavy atom. The molecule has 2 saturated heterocycles. The van der Waals surface area contributed by atoms with Crippen molar-refractivity contribution in [1.29, 1.82) is 0 Å². The first-order valence-electron chi connectivity index (χ1n) is 15.4. The van der Waals surface area contributed by atoms with E-state index in [0.29, 0.717) is 25.7 Å². The molecule has 2 aliphatic rings. The predicted molar refractivity (Wildman–Crippen MR) is 159 cm³/mol. The summed E-state index contributed by atoms with van der Waals surface area (Å²) in [6, 6.07) is -7.20. The fourth-order valence-corrected chi connectivity index (χ4v) is 5.68. The van der Waals surface area contributed by atoms with Crippen molar-refractivity contribution >= 4 is 41.5 Å². The second kappa shape index (κ2) is 17.1. The summed E-state index contributed by atoms with van der Waals surface area (Å²) in [5.74, 6) is -6.31. The van der Waals surface area contributed by atoms with Crippen molar-refractivity contribution in [1.82, 2.24) is 25.8 Å². The number of likely N-dealkylation sites (tertiary alicyclic amines) is 2. The molecule has 5 amide bonds. The van der Waals surface area contributed by atoms with E-state index in [0.717, 1.165) is 0 Å². The summed E-state index contributed by atoms with van der Waals surface area (Å²) >= 11 is 0. The van der Waals surface area contributed by atoms with Crippen molar-refractivity contribution in [2.45, 2.75) is 109 Å². The molecule has 45 heavy (non-hydrogen) atoms. The van der Waals surface area contributed by atoms with Crippen LogP contribution in [-0.4, -0.2) is 123 Å². The van der Waals surface area contributed by atoms with E-state index in [1.165, 1.54) is 9.80 Å². The maximum absolute atomic E-state index is 13.7. The van der Waals surface area contributed by atoms with Crippen LogP contribution in [0, 0.1) is 11.8 Å². The summed E-state index contributed by atoms with van der Waals surface area (Å²) in [5, 5.41) is 35.8. The van der Waals surface area contributed by atoms with E-state index >= 15 is 0 Å². The Bertz CT molecular complexity index is 1120. The Morgan fingerprint density at radius 1 is 0.733 bits per heavy atom. The normalized spacial score (nSPS) is 20.8. The van der Waals surface area contributed by atoms with Gasteiger partial charge in [-0.25, -0.2) is 4.79 Å². The third kappa shape index (κ3) is 10.7. The van der Waals surface area contributed by atoms with Gasteiger partial charge >= 0.3 is 11.9 Å². The number of carboxylic acid groups (broad SMARTS) is 2. The number of nitrogens with zero attached hydrogens (tertiary/aromatic N) is 2. The van der Waals surface area contributed by atoms with Gasteiger partial charge < -0.3 is 46.8 Å². The number of carbonyl (C=O) groups excluding carboxylic acids is 5. The molecule has 2 fully saturated rings. The van der Waals surface area contributed by atoms with Crippen molar-refractivity contribution in [2.24, 2.45) is 17.6 Å². The van der Waals surface area contributed by atoms with Crippen LogP contribution in [0.1, 0.15) is 72.6 Å². The molecule has 2 rings (SSSR count). The lowest BCUT2D eigenvalue weighted by molar-refractivity contribution is -0.152. The van der Waals surface area contributed by atoms with Gasteiger partial charge in [0.2, 0.25) is 29.5 Å². The number of amides is 5. The van der Waals surface area contributed by atoms with Crippen LogP contribution >= 0.6 is 0 Å².